The number of thiazole rings is 1. The molecule has 8 heteroatoms. The molecular formula is C19H26IN5OS. The van der Waals surface area contributed by atoms with Crippen LogP contribution in [0.3, 0.4) is 0 Å². The molecule has 2 aromatic heterocycles. The van der Waals surface area contributed by atoms with Crippen molar-refractivity contribution in [3.63, 3.8) is 0 Å². The molecule has 1 atom stereocenters. The lowest BCUT2D eigenvalue weighted by Gasteiger charge is -2.16. The first kappa shape index (κ1) is 21.6. The second kappa shape index (κ2) is 11.3. The number of aliphatic imine (C=N–C) groups is 1. The van der Waals surface area contributed by atoms with Crippen molar-refractivity contribution < 1.29 is 4.74 Å². The van der Waals surface area contributed by atoms with Crippen molar-refractivity contribution in [1.29, 1.82) is 0 Å². The summed E-state index contributed by atoms with van der Waals surface area (Å²) in [5.74, 6) is 1.16. The molecule has 0 aliphatic rings. The Bertz CT molecular complexity index is 804. The topological polar surface area (TPSA) is 63.0 Å². The van der Waals surface area contributed by atoms with Crippen molar-refractivity contribution in [1.82, 2.24) is 20.0 Å². The lowest BCUT2D eigenvalue weighted by Crippen LogP contribution is -2.39. The molecule has 0 radical (unpaired) electrons. The molecule has 0 spiro atoms. The van der Waals surface area contributed by atoms with Crippen molar-refractivity contribution in [2.24, 2.45) is 10.9 Å². The molecule has 0 amide bonds. The lowest BCUT2D eigenvalue weighted by molar-refractivity contribution is 0.0931. The predicted molar refractivity (Wildman–Crippen MR) is 122 cm³/mol. The molecule has 2 N–H and O–H groups in total. The monoisotopic (exact) mass is 499 g/mol. The van der Waals surface area contributed by atoms with E-state index in [1.165, 1.54) is 5.56 Å². The Kier molecular flexibility index (Phi) is 9.02. The molecule has 3 aromatic rings. The molecule has 0 bridgehead atoms. The van der Waals surface area contributed by atoms with Crippen molar-refractivity contribution in [2.75, 3.05) is 20.2 Å². The number of imidazole rings is 1. The highest BCUT2D eigenvalue weighted by molar-refractivity contribution is 14.0. The summed E-state index contributed by atoms with van der Waals surface area (Å²) in [6.45, 7) is 4.96. The van der Waals surface area contributed by atoms with Crippen LogP contribution in [0.1, 0.15) is 18.2 Å². The third kappa shape index (κ3) is 6.78. The molecule has 0 saturated heterocycles. The third-order valence-electron chi connectivity index (χ3n) is 3.94. The van der Waals surface area contributed by atoms with E-state index in [1.54, 1.807) is 18.4 Å². The van der Waals surface area contributed by atoms with Crippen molar-refractivity contribution in [2.45, 2.75) is 20.1 Å². The van der Waals surface area contributed by atoms with Gasteiger partial charge in [-0.1, -0.05) is 37.3 Å². The van der Waals surface area contributed by atoms with E-state index in [9.17, 15) is 0 Å². The number of hydrogen-bond donors (Lipinski definition) is 2. The molecular weight excluding hydrogens is 473 g/mol. The average Bonchev–Trinajstić information content (AvgIpc) is 3.24. The summed E-state index contributed by atoms with van der Waals surface area (Å²) >= 11 is 1.63. The van der Waals surface area contributed by atoms with Gasteiger partial charge < -0.3 is 15.4 Å². The van der Waals surface area contributed by atoms with Crippen LogP contribution < -0.4 is 10.6 Å². The van der Waals surface area contributed by atoms with Crippen LogP contribution in [-0.4, -0.2) is 35.5 Å². The number of benzene rings is 1. The molecule has 146 valence electrons. The van der Waals surface area contributed by atoms with E-state index in [0.29, 0.717) is 25.7 Å². The second-order valence-corrected chi connectivity index (χ2v) is 7.11. The zero-order valence-corrected chi connectivity index (χ0v) is 18.7. The largest absolute Gasteiger partial charge is 0.376 e. The first-order valence-corrected chi connectivity index (χ1v) is 9.60. The van der Waals surface area contributed by atoms with E-state index < -0.39 is 0 Å². The minimum absolute atomic E-state index is 0. The zero-order valence-electron chi connectivity index (χ0n) is 15.6. The summed E-state index contributed by atoms with van der Waals surface area (Å²) in [7, 11) is 1.78. The number of nitrogens with zero attached hydrogens (tertiary/aromatic N) is 3. The third-order valence-corrected chi connectivity index (χ3v) is 4.71. The van der Waals surface area contributed by atoms with E-state index in [2.05, 4.69) is 39.7 Å². The van der Waals surface area contributed by atoms with Crippen LogP contribution >= 0.6 is 35.3 Å². The SMILES string of the molecule is CN=C(NCc1cn2ccsc2n1)NCC(C)COCc1ccccc1.I. The molecule has 2 heterocycles. The Morgan fingerprint density at radius 3 is 2.85 bits per heavy atom. The second-order valence-electron chi connectivity index (χ2n) is 6.24. The maximum absolute atomic E-state index is 5.79. The fourth-order valence-corrected chi connectivity index (χ4v) is 3.26. The zero-order chi connectivity index (χ0) is 18.2. The molecule has 27 heavy (non-hydrogen) atoms. The maximum Gasteiger partial charge on any atom is 0.193 e. The molecule has 0 aliphatic carbocycles. The summed E-state index contributed by atoms with van der Waals surface area (Å²) in [6, 6.07) is 10.2. The number of halogens is 1. The van der Waals surface area contributed by atoms with Crippen LogP contribution in [0, 0.1) is 5.92 Å². The Labute approximate surface area is 181 Å². The van der Waals surface area contributed by atoms with Crippen LogP contribution in [0.25, 0.3) is 4.96 Å². The smallest absolute Gasteiger partial charge is 0.193 e. The minimum Gasteiger partial charge on any atom is -0.376 e. The van der Waals surface area contributed by atoms with Gasteiger partial charge in [0.2, 0.25) is 0 Å². The van der Waals surface area contributed by atoms with Crippen LogP contribution in [0.5, 0.6) is 0 Å². The highest BCUT2D eigenvalue weighted by Crippen LogP contribution is 2.11. The van der Waals surface area contributed by atoms with E-state index in [-0.39, 0.29) is 24.0 Å². The van der Waals surface area contributed by atoms with Gasteiger partial charge in [-0.25, -0.2) is 4.98 Å². The number of rotatable bonds is 8. The molecule has 0 saturated carbocycles. The minimum atomic E-state index is 0. The van der Waals surface area contributed by atoms with Crippen LogP contribution in [0.15, 0.2) is 53.1 Å². The van der Waals surface area contributed by atoms with E-state index >= 15 is 0 Å². The summed E-state index contributed by atoms with van der Waals surface area (Å²) in [5, 5.41) is 8.67. The maximum atomic E-state index is 5.79. The molecule has 1 unspecified atom stereocenters. The normalized spacial score (nSPS) is 12.6. The van der Waals surface area contributed by atoms with E-state index in [4.69, 9.17) is 4.74 Å². The van der Waals surface area contributed by atoms with Gasteiger partial charge in [-0.15, -0.1) is 35.3 Å². The number of ether oxygens (including phenoxy) is 1. The molecule has 0 aliphatic heterocycles. The van der Waals surface area contributed by atoms with Crippen molar-refractivity contribution >= 4 is 46.2 Å². The fraction of sp³-hybridized carbons (Fsp3) is 0.368. The number of hydrogen-bond acceptors (Lipinski definition) is 4. The summed E-state index contributed by atoms with van der Waals surface area (Å²) < 4.78 is 7.82. The molecule has 1 aromatic carbocycles. The first-order valence-electron chi connectivity index (χ1n) is 8.72. The molecule has 0 fully saturated rings. The highest BCUT2D eigenvalue weighted by Gasteiger charge is 2.06. The van der Waals surface area contributed by atoms with Crippen molar-refractivity contribution in [3.8, 4) is 0 Å². The van der Waals surface area contributed by atoms with Gasteiger partial charge >= 0.3 is 0 Å². The van der Waals surface area contributed by atoms with Gasteiger partial charge in [0.15, 0.2) is 10.9 Å². The van der Waals surface area contributed by atoms with Gasteiger partial charge in [-0.3, -0.25) is 9.39 Å². The summed E-state index contributed by atoms with van der Waals surface area (Å²) in [5.41, 5.74) is 2.20. The van der Waals surface area contributed by atoms with Gasteiger partial charge in [0.1, 0.15) is 0 Å². The van der Waals surface area contributed by atoms with Gasteiger partial charge in [0.25, 0.3) is 0 Å². The van der Waals surface area contributed by atoms with Gasteiger partial charge in [-0.2, -0.15) is 0 Å². The number of guanidine groups is 1. The number of fused-ring (bicyclic) bond motifs is 1. The summed E-state index contributed by atoms with van der Waals surface area (Å²) in [6.07, 6.45) is 4.05. The fourth-order valence-electron chi connectivity index (χ4n) is 2.54. The Hall–Kier alpha value is -1.65. The predicted octanol–water partition coefficient (Wildman–Crippen LogP) is 3.53. The van der Waals surface area contributed by atoms with Crippen LogP contribution in [-0.2, 0) is 17.9 Å². The Morgan fingerprint density at radius 2 is 2.11 bits per heavy atom. The van der Waals surface area contributed by atoms with Gasteiger partial charge in [-0.05, 0) is 11.5 Å². The molecule has 6 nitrogen and oxygen atoms in total. The average molecular weight is 499 g/mol. The number of nitrogens with one attached hydrogen (secondary N) is 2. The van der Waals surface area contributed by atoms with Crippen LogP contribution in [0.2, 0.25) is 0 Å². The van der Waals surface area contributed by atoms with Gasteiger partial charge in [0.05, 0.1) is 25.5 Å². The highest BCUT2D eigenvalue weighted by atomic mass is 127. The van der Waals surface area contributed by atoms with E-state index in [1.807, 2.05) is 40.4 Å². The standard InChI is InChI=1S/C19H25N5OS.HI/c1-15(13-25-14-16-6-4-3-5-7-16)10-21-18(20-2)22-11-17-12-24-8-9-26-19(24)23-17;/h3-9,12,15H,10-11,13-14H2,1-2H3,(H2,20,21,22);1H. The lowest BCUT2D eigenvalue weighted by atomic mass is 10.2. The van der Waals surface area contributed by atoms with E-state index in [0.717, 1.165) is 23.2 Å². The molecule has 3 rings (SSSR count). The Balaban J connectivity index is 0.00000261. The van der Waals surface area contributed by atoms with Crippen LogP contribution in [0.4, 0.5) is 0 Å². The summed E-state index contributed by atoms with van der Waals surface area (Å²) in [4.78, 5) is 9.83. The van der Waals surface area contributed by atoms with Crippen molar-refractivity contribution in [3.05, 3.63) is 59.4 Å². The number of aromatic nitrogens is 2. The Morgan fingerprint density at radius 1 is 1.30 bits per heavy atom. The first-order chi connectivity index (χ1) is 12.7. The van der Waals surface area contributed by atoms with Gasteiger partial charge in [0, 0.05) is 31.4 Å². The quantitative estimate of drug-likeness (QED) is 0.283.